The van der Waals surface area contributed by atoms with Crippen LogP contribution in [0.5, 0.6) is 5.75 Å². The van der Waals surface area contributed by atoms with E-state index < -0.39 is 4.92 Å². The van der Waals surface area contributed by atoms with Crippen LogP contribution in [-0.4, -0.2) is 12.0 Å². The van der Waals surface area contributed by atoms with Gasteiger partial charge < -0.3 is 10.1 Å². The van der Waals surface area contributed by atoms with Crippen molar-refractivity contribution in [3.8, 4) is 5.75 Å². The molecule has 2 aromatic rings. The van der Waals surface area contributed by atoms with Crippen LogP contribution in [-0.2, 0) is 0 Å². The third-order valence-corrected chi connectivity index (χ3v) is 4.20. The van der Waals surface area contributed by atoms with Gasteiger partial charge in [-0.3, -0.25) is 10.1 Å². The average molecular weight is 313 g/mol. The van der Waals surface area contributed by atoms with Crippen LogP contribution in [0.15, 0.2) is 30.3 Å². The van der Waals surface area contributed by atoms with Crippen LogP contribution in [0.25, 0.3) is 0 Å². The predicted octanol–water partition coefficient (Wildman–Crippen LogP) is 4.49. The molecule has 1 aromatic heterocycles. The van der Waals surface area contributed by atoms with E-state index in [1.54, 1.807) is 6.07 Å². The Morgan fingerprint density at radius 2 is 2.15 bits per heavy atom. The van der Waals surface area contributed by atoms with E-state index in [4.69, 9.17) is 16.3 Å². The fraction of sp³-hybridized carbons (Fsp3) is 0.231. The Bertz CT molecular complexity index is 630. The number of nitro groups is 1. The molecule has 1 N–H and O–H groups in total. The molecule has 0 fully saturated rings. The maximum atomic E-state index is 10.8. The van der Waals surface area contributed by atoms with Crippen LogP contribution < -0.4 is 10.1 Å². The lowest BCUT2D eigenvalue weighted by Gasteiger charge is -2.16. The molecule has 0 aliphatic carbocycles. The minimum Gasteiger partial charge on any atom is -0.495 e. The maximum Gasteiger partial charge on any atom is 0.271 e. The van der Waals surface area contributed by atoms with Gasteiger partial charge in [0.15, 0.2) is 0 Å². The van der Waals surface area contributed by atoms with Gasteiger partial charge in [-0.15, -0.1) is 11.3 Å². The first-order chi connectivity index (χ1) is 9.51. The lowest BCUT2D eigenvalue weighted by Crippen LogP contribution is -2.06. The summed E-state index contributed by atoms with van der Waals surface area (Å²) in [6.45, 7) is 1.96. The zero-order chi connectivity index (χ0) is 14.7. The summed E-state index contributed by atoms with van der Waals surface area (Å²) < 4.78 is 5.92. The molecule has 0 saturated carbocycles. The van der Waals surface area contributed by atoms with E-state index in [1.165, 1.54) is 30.6 Å². The minimum atomic E-state index is -0.433. The highest BCUT2D eigenvalue weighted by Gasteiger charge is 2.15. The number of methoxy groups -OCH3 is 1. The fourth-order valence-electron chi connectivity index (χ4n) is 1.79. The highest BCUT2D eigenvalue weighted by Crippen LogP contribution is 2.34. The first kappa shape index (κ1) is 14.6. The molecule has 0 radical (unpaired) electrons. The topological polar surface area (TPSA) is 64.4 Å². The Kier molecular flexibility index (Phi) is 4.46. The molecular formula is C13H13ClN2O3S. The normalized spacial score (nSPS) is 11.9. The van der Waals surface area contributed by atoms with Gasteiger partial charge in [-0.25, -0.2) is 0 Å². The first-order valence-electron chi connectivity index (χ1n) is 5.85. The summed E-state index contributed by atoms with van der Waals surface area (Å²) in [5, 5.41) is 14.0. The highest BCUT2D eigenvalue weighted by atomic mass is 35.5. The highest BCUT2D eigenvalue weighted by molar-refractivity contribution is 7.16. The molecule has 1 heterocycles. The van der Waals surface area contributed by atoms with Crippen LogP contribution >= 0.6 is 22.9 Å². The quantitative estimate of drug-likeness (QED) is 0.652. The van der Waals surface area contributed by atoms with Crippen molar-refractivity contribution in [1.29, 1.82) is 0 Å². The Labute approximate surface area is 125 Å². The van der Waals surface area contributed by atoms with E-state index in [0.29, 0.717) is 15.8 Å². The minimum absolute atomic E-state index is 0.0183. The molecule has 106 valence electrons. The monoisotopic (exact) mass is 312 g/mol. The molecule has 1 unspecified atom stereocenters. The SMILES string of the molecule is COc1ccc([N+](=O)[O-])cc1NC(C)c1ccc(Cl)s1. The van der Waals surface area contributed by atoms with Crippen molar-refractivity contribution in [3.05, 3.63) is 49.7 Å². The lowest BCUT2D eigenvalue weighted by atomic mass is 10.2. The standard InChI is InChI=1S/C13H13ClN2O3S/c1-8(12-5-6-13(14)20-12)15-10-7-9(16(17)18)3-4-11(10)19-2/h3-8,15H,1-2H3. The number of hydrogen-bond donors (Lipinski definition) is 1. The molecular weight excluding hydrogens is 300 g/mol. The number of rotatable bonds is 5. The van der Waals surface area contributed by atoms with Crippen molar-refractivity contribution >= 4 is 34.3 Å². The number of benzene rings is 1. The summed E-state index contributed by atoms with van der Waals surface area (Å²) in [6.07, 6.45) is 0. The maximum absolute atomic E-state index is 10.8. The number of nitro benzene ring substituents is 1. The van der Waals surface area contributed by atoms with Gasteiger partial charge in [-0.05, 0) is 25.1 Å². The molecule has 0 saturated heterocycles. The van der Waals surface area contributed by atoms with E-state index in [1.807, 2.05) is 19.1 Å². The molecule has 7 heteroatoms. The average Bonchev–Trinajstić information content (AvgIpc) is 2.85. The molecule has 1 atom stereocenters. The Morgan fingerprint density at radius 3 is 2.70 bits per heavy atom. The van der Waals surface area contributed by atoms with Gasteiger partial charge in [-0.1, -0.05) is 11.6 Å². The second-order valence-corrected chi connectivity index (χ2v) is 5.90. The summed E-state index contributed by atoms with van der Waals surface area (Å²) in [5.41, 5.74) is 0.600. The van der Waals surface area contributed by atoms with Gasteiger partial charge in [0.1, 0.15) is 5.75 Å². The summed E-state index contributed by atoms with van der Waals surface area (Å²) in [5.74, 6) is 0.560. The molecule has 0 spiro atoms. The Balaban J connectivity index is 2.27. The second-order valence-electron chi connectivity index (χ2n) is 4.15. The van der Waals surface area contributed by atoms with Crippen molar-refractivity contribution in [3.63, 3.8) is 0 Å². The second kappa shape index (κ2) is 6.11. The molecule has 0 amide bonds. The van der Waals surface area contributed by atoms with Crippen LogP contribution in [0.2, 0.25) is 4.34 Å². The number of anilines is 1. The number of non-ortho nitro benzene ring substituents is 1. The molecule has 0 aliphatic heterocycles. The number of ether oxygens (including phenoxy) is 1. The molecule has 20 heavy (non-hydrogen) atoms. The third-order valence-electron chi connectivity index (χ3n) is 2.79. The van der Waals surface area contributed by atoms with Crippen molar-refractivity contribution in [2.45, 2.75) is 13.0 Å². The van der Waals surface area contributed by atoms with Gasteiger partial charge in [0.05, 0.1) is 28.1 Å². The molecule has 0 aliphatic rings. The van der Waals surface area contributed by atoms with E-state index in [2.05, 4.69) is 5.32 Å². The van der Waals surface area contributed by atoms with Gasteiger partial charge in [0.25, 0.3) is 5.69 Å². The van der Waals surface area contributed by atoms with Crippen molar-refractivity contribution < 1.29 is 9.66 Å². The van der Waals surface area contributed by atoms with Crippen LogP contribution in [0, 0.1) is 10.1 Å². The van der Waals surface area contributed by atoms with Crippen LogP contribution in [0.3, 0.4) is 0 Å². The van der Waals surface area contributed by atoms with E-state index >= 15 is 0 Å². The molecule has 5 nitrogen and oxygen atoms in total. The first-order valence-corrected chi connectivity index (χ1v) is 7.05. The van der Waals surface area contributed by atoms with Crippen molar-refractivity contribution in [1.82, 2.24) is 0 Å². The zero-order valence-electron chi connectivity index (χ0n) is 10.9. The summed E-state index contributed by atoms with van der Waals surface area (Å²) in [4.78, 5) is 11.4. The smallest absolute Gasteiger partial charge is 0.271 e. The predicted molar refractivity (Wildman–Crippen MR) is 81.0 cm³/mol. The largest absolute Gasteiger partial charge is 0.495 e. The van der Waals surface area contributed by atoms with Gasteiger partial charge in [0, 0.05) is 17.0 Å². The van der Waals surface area contributed by atoms with E-state index in [9.17, 15) is 10.1 Å². The molecule has 2 rings (SSSR count). The lowest BCUT2D eigenvalue weighted by molar-refractivity contribution is -0.384. The fourth-order valence-corrected chi connectivity index (χ4v) is 2.85. The zero-order valence-corrected chi connectivity index (χ0v) is 12.5. The number of halogens is 1. The molecule has 0 bridgehead atoms. The number of nitrogens with zero attached hydrogens (tertiary/aromatic N) is 1. The summed E-state index contributed by atoms with van der Waals surface area (Å²) >= 11 is 7.38. The van der Waals surface area contributed by atoms with Gasteiger partial charge >= 0.3 is 0 Å². The van der Waals surface area contributed by atoms with Crippen LogP contribution in [0.1, 0.15) is 17.8 Å². The van der Waals surface area contributed by atoms with Gasteiger partial charge in [0.2, 0.25) is 0 Å². The Morgan fingerprint density at radius 1 is 1.40 bits per heavy atom. The third kappa shape index (κ3) is 3.20. The van der Waals surface area contributed by atoms with Crippen molar-refractivity contribution in [2.75, 3.05) is 12.4 Å². The summed E-state index contributed by atoms with van der Waals surface area (Å²) in [7, 11) is 1.53. The van der Waals surface area contributed by atoms with E-state index in [-0.39, 0.29) is 11.7 Å². The van der Waals surface area contributed by atoms with Gasteiger partial charge in [-0.2, -0.15) is 0 Å². The Hall–Kier alpha value is -1.79. The van der Waals surface area contributed by atoms with Crippen LogP contribution in [0.4, 0.5) is 11.4 Å². The number of nitrogens with one attached hydrogen (secondary N) is 1. The summed E-state index contributed by atoms with van der Waals surface area (Å²) in [6, 6.07) is 8.18. The molecule has 1 aromatic carbocycles. The van der Waals surface area contributed by atoms with E-state index in [0.717, 1.165) is 4.88 Å². The number of hydrogen-bond acceptors (Lipinski definition) is 5. The van der Waals surface area contributed by atoms with Crippen molar-refractivity contribution in [2.24, 2.45) is 0 Å². The number of thiophene rings is 1.